The van der Waals surface area contributed by atoms with Crippen LogP contribution in [0.5, 0.6) is 0 Å². The monoisotopic (exact) mass is 317 g/mol. The van der Waals surface area contributed by atoms with Gasteiger partial charge >= 0.3 is 0 Å². The van der Waals surface area contributed by atoms with Gasteiger partial charge in [0.05, 0.1) is 0 Å². The zero-order valence-electron chi connectivity index (χ0n) is 13.1. The molecule has 0 saturated heterocycles. The lowest BCUT2D eigenvalue weighted by atomic mass is 10.1. The Morgan fingerprint density at radius 1 is 1.09 bits per heavy atom. The van der Waals surface area contributed by atoms with Crippen molar-refractivity contribution in [2.24, 2.45) is 0 Å². The largest absolute Gasteiger partial charge is 0.340 e. The number of aromatic nitrogens is 2. The van der Waals surface area contributed by atoms with Gasteiger partial charge in [-0.1, -0.05) is 23.7 Å². The molecule has 1 amide bonds. The molecule has 0 aliphatic heterocycles. The lowest BCUT2D eigenvalue weighted by molar-refractivity contribution is -0.122. The van der Waals surface area contributed by atoms with Gasteiger partial charge in [-0.15, -0.1) is 0 Å². The summed E-state index contributed by atoms with van der Waals surface area (Å²) in [5, 5.41) is 0.706. The van der Waals surface area contributed by atoms with Gasteiger partial charge in [-0.3, -0.25) is 4.79 Å². The van der Waals surface area contributed by atoms with E-state index in [0.29, 0.717) is 18.0 Å². The Morgan fingerprint density at radius 3 is 2.18 bits per heavy atom. The average Bonchev–Trinajstić information content (AvgIpc) is 2.48. The smallest absolute Gasteiger partial charge is 0.210 e. The molecule has 0 saturated carbocycles. The van der Waals surface area contributed by atoms with Gasteiger partial charge in [0.2, 0.25) is 6.41 Å². The molecule has 1 aromatic carbocycles. The van der Waals surface area contributed by atoms with Gasteiger partial charge in [-0.2, -0.15) is 0 Å². The maximum atomic E-state index is 11.1. The first-order valence-electron chi connectivity index (χ1n) is 7.19. The second-order valence-electron chi connectivity index (χ2n) is 6.11. The van der Waals surface area contributed by atoms with Crippen LogP contribution in [0.2, 0.25) is 5.02 Å². The van der Waals surface area contributed by atoms with E-state index >= 15 is 0 Å². The minimum absolute atomic E-state index is 0.189. The van der Waals surface area contributed by atoms with Crippen LogP contribution < -0.4 is 0 Å². The highest BCUT2D eigenvalue weighted by molar-refractivity contribution is 6.30. The molecule has 1 aromatic heterocycles. The highest BCUT2D eigenvalue weighted by atomic mass is 35.5. The van der Waals surface area contributed by atoms with Crippen LogP contribution in [0.15, 0.2) is 36.7 Å². The first-order chi connectivity index (χ1) is 10.4. The maximum absolute atomic E-state index is 11.1. The molecule has 0 aliphatic rings. The molecule has 0 unspecified atom stereocenters. The highest BCUT2D eigenvalue weighted by Crippen LogP contribution is 2.20. The van der Waals surface area contributed by atoms with E-state index in [0.717, 1.165) is 23.4 Å². The molecule has 0 spiro atoms. The third kappa shape index (κ3) is 4.28. The van der Waals surface area contributed by atoms with Crippen LogP contribution >= 0.6 is 11.6 Å². The topological polar surface area (TPSA) is 46.1 Å². The van der Waals surface area contributed by atoms with Crippen molar-refractivity contribution in [3.8, 4) is 11.1 Å². The molecular weight excluding hydrogens is 298 g/mol. The Balaban J connectivity index is 2.03. The van der Waals surface area contributed by atoms with E-state index in [9.17, 15) is 4.79 Å². The van der Waals surface area contributed by atoms with E-state index in [-0.39, 0.29) is 5.54 Å². The van der Waals surface area contributed by atoms with Crippen molar-refractivity contribution < 1.29 is 4.79 Å². The van der Waals surface area contributed by atoms with Crippen molar-refractivity contribution in [2.45, 2.75) is 32.7 Å². The number of carbonyl (C=O) groups excluding carboxylic acids is 1. The molecule has 22 heavy (non-hydrogen) atoms. The van der Waals surface area contributed by atoms with Crippen molar-refractivity contribution in [1.29, 1.82) is 0 Å². The number of hydrogen-bond donors (Lipinski definition) is 0. The fourth-order valence-corrected chi connectivity index (χ4v) is 2.17. The summed E-state index contributed by atoms with van der Waals surface area (Å²) in [6.07, 6.45) is 5.11. The van der Waals surface area contributed by atoms with E-state index in [1.165, 1.54) is 0 Å². The number of carbonyl (C=O) groups is 1. The zero-order valence-corrected chi connectivity index (χ0v) is 13.8. The normalized spacial score (nSPS) is 11.3. The van der Waals surface area contributed by atoms with Crippen molar-refractivity contribution in [2.75, 3.05) is 6.54 Å². The quantitative estimate of drug-likeness (QED) is 0.792. The van der Waals surface area contributed by atoms with Gasteiger partial charge in [-0.05, 0) is 38.5 Å². The third-order valence-corrected chi connectivity index (χ3v) is 3.70. The predicted octanol–water partition coefficient (Wildman–Crippen LogP) is 3.60. The SMILES string of the molecule is CC(C)(C)N(C=O)CCc1ncc(-c2ccc(Cl)cc2)cn1. The minimum Gasteiger partial charge on any atom is -0.340 e. The predicted molar refractivity (Wildman–Crippen MR) is 88.7 cm³/mol. The number of nitrogens with zero attached hydrogens (tertiary/aromatic N) is 3. The van der Waals surface area contributed by atoms with Crippen molar-refractivity contribution in [1.82, 2.24) is 14.9 Å². The minimum atomic E-state index is -0.189. The molecule has 5 heteroatoms. The zero-order chi connectivity index (χ0) is 16.2. The van der Waals surface area contributed by atoms with Gasteiger partial charge in [0, 0.05) is 41.5 Å². The Bertz CT molecular complexity index is 618. The number of benzene rings is 1. The van der Waals surface area contributed by atoms with Crippen LogP contribution in [0.25, 0.3) is 11.1 Å². The first kappa shape index (κ1) is 16.4. The molecular formula is C17H20ClN3O. The Hall–Kier alpha value is -1.94. The average molecular weight is 318 g/mol. The first-order valence-corrected chi connectivity index (χ1v) is 7.57. The van der Waals surface area contributed by atoms with Crippen molar-refractivity contribution in [3.05, 3.63) is 47.5 Å². The molecule has 0 bridgehead atoms. The van der Waals surface area contributed by atoms with E-state index in [1.807, 2.05) is 45.0 Å². The van der Waals surface area contributed by atoms with Crippen molar-refractivity contribution >= 4 is 18.0 Å². The second-order valence-corrected chi connectivity index (χ2v) is 6.55. The Labute approximate surface area is 136 Å². The molecule has 2 rings (SSSR count). The summed E-state index contributed by atoms with van der Waals surface area (Å²) in [5.74, 6) is 0.730. The third-order valence-electron chi connectivity index (χ3n) is 3.45. The van der Waals surface area contributed by atoms with E-state index in [2.05, 4.69) is 9.97 Å². The molecule has 2 aromatic rings. The van der Waals surface area contributed by atoms with Crippen LogP contribution in [0.3, 0.4) is 0 Å². The summed E-state index contributed by atoms with van der Waals surface area (Å²) >= 11 is 5.88. The number of hydrogen-bond acceptors (Lipinski definition) is 3. The molecule has 0 N–H and O–H groups in total. The molecule has 4 nitrogen and oxygen atoms in total. The summed E-state index contributed by atoms with van der Waals surface area (Å²) in [5.41, 5.74) is 1.79. The van der Waals surface area contributed by atoms with Gasteiger partial charge in [-0.25, -0.2) is 9.97 Å². The van der Waals surface area contributed by atoms with Crippen LogP contribution in [-0.2, 0) is 11.2 Å². The lowest BCUT2D eigenvalue weighted by Crippen LogP contribution is -2.41. The van der Waals surface area contributed by atoms with E-state index in [1.54, 1.807) is 17.3 Å². The number of rotatable bonds is 5. The highest BCUT2D eigenvalue weighted by Gasteiger charge is 2.19. The van der Waals surface area contributed by atoms with Gasteiger partial charge in [0.1, 0.15) is 5.82 Å². The summed E-state index contributed by atoms with van der Waals surface area (Å²) in [7, 11) is 0. The van der Waals surface area contributed by atoms with Crippen molar-refractivity contribution in [3.63, 3.8) is 0 Å². The van der Waals surface area contributed by atoms with Gasteiger partial charge in [0.25, 0.3) is 0 Å². The maximum Gasteiger partial charge on any atom is 0.210 e. The van der Waals surface area contributed by atoms with Crippen LogP contribution in [-0.4, -0.2) is 33.4 Å². The summed E-state index contributed by atoms with van der Waals surface area (Å²) in [6, 6.07) is 7.56. The molecule has 0 radical (unpaired) electrons. The Kier molecular flexibility index (Phi) is 5.14. The fourth-order valence-electron chi connectivity index (χ4n) is 2.04. The number of halogens is 1. The summed E-state index contributed by atoms with van der Waals surface area (Å²) < 4.78 is 0. The summed E-state index contributed by atoms with van der Waals surface area (Å²) in [6.45, 7) is 6.62. The van der Waals surface area contributed by atoms with Crippen LogP contribution in [0.4, 0.5) is 0 Å². The standard InChI is InChI=1S/C17H20ClN3O/c1-17(2,3)21(12-22)9-8-16-19-10-14(11-20-16)13-4-6-15(18)7-5-13/h4-7,10-12H,8-9H2,1-3H3. The van der Waals surface area contributed by atoms with E-state index < -0.39 is 0 Å². The summed E-state index contributed by atoms with van der Waals surface area (Å²) in [4.78, 5) is 21.6. The molecule has 0 fully saturated rings. The second kappa shape index (κ2) is 6.88. The molecule has 1 heterocycles. The van der Waals surface area contributed by atoms with Gasteiger partial charge in [0.15, 0.2) is 0 Å². The molecule has 0 aliphatic carbocycles. The molecule has 116 valence electrons. The molecule has 0 atom stereocenters. The van der Waals surface area contributed by atoms with Crippen LogP contribution in [0.1, 0.15) is 26.6 Å². The number of amides is 1. The van der Waals surface area contributed by atoms with Crippen LogP contribution in [0, 0.1) is 0 Å². The fraction of sp³-hybridized carbons (Fsp3) is 0.353. The lowest BCUT2D eigenvalue weighted by Gasteiger charge is -2.31. The van der Waals surface area contributed by atoms with Gasteiger partial charge < -0.3 is 4.90 Å². The van der Waals surface area contributed by atoms with E-state index in [4.69, 9.17) is 11.6 Å². The Morgan fingerprint density at radius 2 is 1.68 bits per heavy atom.